The van der Waals surface area contributed by atoms with Crippen molar-refractivity contribution in [1.29, 1.82) is 0 Å². The Kier molecular flexibility index (Phi) is 3.09. The summed E-state index contributed by atoms with van der Waals surface area (Å²) in [5.41, 5.74) is 0.0858. The predicted molar refractivity (Wildman–Crippen MR) is 64.6 cm³/mol. The number of rotatable bonds is 3. The molecule has 0 fully saturated rings. The van der Waals surface area contributed by atoms with Crippen molar-refractivity contribution >= 4 is 0 Å². The maximum atomic E-state index is 11.9. The van der Waals surface area contributed by atoms with Crippen molar-refractivity contribution in [2.45, 2.75) is 38.7 Å². The lowest BCUT2D eigenvalue weighted by molar-refractivity contribution is 0.202. The number of hydrogen-bond donors (Lipinski definition) is 0. The topological polar surface area (TPSA) is 53.2 Å². The molecule has 0 saturated heterocycles. The second-order valence-electron chi connectivity index (χ2n) is 4.58. The summed E-state index contributed by atoms with van der Waals surface area (Å²) in [7, 11) is 3.15. The fourth-order valence-electron chi connectivity index (χ4n) is 2.24. The summed E-state index contributed by atoms with van der Waals surface area (Å²) in [4.78, 5) is 23.6. The maximum Gasteiger partial charge on any atom is 0.333 e. The largest absolute Gasteiger partial charge is 0.475 e. The Bertz CT molecular complexity index is 542. The molecule has 5 heteroatoms. The maximum absolute atomic E-state index is 11.9. The molecule has 1 aromatic rings. The van der Waals surface area contributed by atoms with Crippen LogP contribution in [-0.2, 0) is 20.5 Å². The summed E-state index contributed by atoms with van der Waals surface area (Å²) in [5, 5.41) is 0. The Labute approximate surface area is 99.6 Å². The molecule has 0 N–H and O–H groups in total. The van der Waals surface area contributed by atoms with Crippen molar-refractivity contribution in [3.8, 4) is 5.88 Å². The van der Waals surface area contributed by atoms with E-state index in [1.165, 1.54) is 11.6 Å². The quantitative estimate of drug-likeness (QED) is 0.774. The molecule has 1 unspecified atom stereocenters. The van der Waals surface area contributed by atoms with Crippen LogP contribution in [-0.4, -0.2) is 15.2 Å². The van der Waals surface area contributed by atoms with Crippen molar-refractivity contribution in [3.63, 3.8) is 0 Å². The van der Waals surface area contributed by atoms with Crippen molar-refractivity contribution in [3.05, 3.63) is 26.4 Å². The Balaban J connectivity index is 2.39. The van der Waals surface area contributed by atoms with Gasteiger partial charge in [-0.2, -0.15) is 0 Å². The molecule has 1 aromatic heterocycles. The Hall–Kier alpha value is -1.52. The lowest BCUT2D eigenvalue weighted by Gasteiger charge is -2.11. The lowest BCUT2D eigenvalue weighted by Crippen LogP contribution is -2.38. The highest BCUT2D eigenvalue weighted by atomic mass is 16.5. The molecule has 0 amide bonds. The summed E-state index contributed by atoms with van der Waals surface area (Å²) in [6, 6.07) is 0. The summed E-state index contributed by atoms with van der Waals surface area (Å²) in [6.07, 6.45) is 3.78. The van der Waals surface area contributed by atoms with Gasteiger partial charge in [0.1, 0.15) is 6.10 Å². The molecule has 94 valence electrons. The van der Waals surface area contributed by atoms with E-state index in [9.17, 15) is 9.59 Å². The van der Waals surface area contributed by atoms with E-state index >= 15 is 0 Å². The van der Waals surface area contributed by atoms with Gasteiger partial charge in [-0.1, -0.05) is 19.8 Å². The highest BCUT2D eigenvalue weighted by Crippen LogP contribution is 2.26. The van der Waals surface area contributed by atoms with Crippen molar-refractivity contribution in [2.24, 2.45) is 14.1 Å². The number of nitrogens with zero attached hydrogens (tertiary/aromatic N) is 2. The highest BCUT2D eigenvalue weighted by Gasteiger charge is 2.28. The van der Waals surface area contributed by atoms with Gasteiger partial charge in [-0.15, -0.1) is 0 Å². The fourth-order valence-corrected chi connectivity index (χ4v) is 2.24. The molecule has 5 nitrogen and oxygen atoms in total. The smallest absolute Gasteiger partial charge is 0.333 e. The third-order valence-corrected chi connectivity index (χ3v) is 3.29. The van der Waals surface area contributed by atoms with Gasteiger partial charge in [-0.05, 0) is 6.42 Å². The van der Waals surface area contributed by atoms with Gasteiger partial charge in [0.05, 0.1) is 5.56 Å². The molecule has 0 spiro atoms. The van der Waals surface area contributed by atoms with Crippen LogP contribution in [0, 0.1) is 0 Å². The van der Waals surface area contributed by atoms with Crippen LogP contribution in [0.3, 0.4) is 0 Å². The predicted octanol–water partition coefficient (Wildman–Crippen LogP) is 0.578. The van der Waals surface area contributed by atoms with Crippen LogP contribution in [0.25, 0.3) is 0 Å². The molecule has 1 aliphatic heterocycles. The van der Waals surface area contributed by atoms with E-state index in [-0.39, 0.29) is 17.4 Å². The third-order valence-electron chi connectivity index (χ3n) is 3.29. The van der Waals surface area contributed by atoms with Gasteiger partial charge in [-0.25, -0.2) is 4.79 Å². The summed E-state index contributed by atoms with van der Waals surface area (Å²) < 4.78 is 8.27. The summed E-state index contributed by atoms with van der Waals surface area (Å²) >= 11 is 0. The minimum Gasteiger partial charge on any atom is -0.475 e. The van der Waals surface area contributed by atoms with Crippen LogP contribution in [0.15, 0.2) is 9.59 Å². The molecule has 1 atom stereocenters. The Morgan fingerprint density at radius 1 is 1.29 bits per heavy atom. The van der Waals surface area contributed by atoms with Crippen LogP contribution in [0.2, 0.25) is 0 Å². The molecule has 0 aliphatic carbocycles. The monoisotopic (exact) mass is 238 g/mol. The number of hydrogen-bond acceptors (Lipinski definition) is 3. The number of fused-ring (bicyclic) bond motifs is 1. The summed E-state index contributed by atoms with van der Waals surface area (Å²) in [5.74, 6) is 0.458. The molecule has 17 heavy (non-hydrogen) atoms. The molecule has 2 heterocycles. The molecule has 0 radical (unpaired) electrons. The van der Waals surface area contributed by atoms with E-state index in [1.54, 1.807) is 7.05 Å². The SMILES string of the molecule is CCCCC1Cc2c(n(C)c(=O)n(C)c2=O)O1. The zero-order valence-electron chi connectivity index (χ0n) is 10.5. The Morgan fingerprint density at radius 2 is 2.00 bits per heavy atom. The average Bonchev–Trinajstić information content (AvgIpc) is 2.75. The fraction of sp³-hybridized carbons (Fsp3) is 0.667. The van der Waals surface area contributed by atoms with Gasteiger partial charge < -0.3 is 4.74 Å². The zero-order chi connectivity index (χ0) is 12.6. The van der Waals surface area contributed by atoms with Gasteiger partial charge in [0.2, 0.25) is 5.88 Å². The first-order valence-electron chi connectivity index (χ1n) is 6.01. The first kappa shape index (κ1) is 12.0. The first-order chi connectivity index (χ1) is 8.06. The summed E-state index contributed by atoms with van der Waals surface area (Å²) in [6.45, 7) is 2.12. The van der Waals surface area contributed by atoms with Gasteiger partial charge in [0, 0.05) is 20.5 Å². The van der Waals surface area contributed by atoms with Crippen LogP contribution >= 0.6 is 0 Å². The first-order valence-corrected chi connectivity index (χ1v) is 6.01. The van der Waals surface area contributed by atoms with Crippen LogP contribution in [0.4, 0.5) is 0 Å². The molecular weight excluding hydrogens is 220 g/mol. The van der Waals surface area contributed by atoms with E-state index in [4.69, 9.17) is 4.74 Å². The molecule has 0 aromatic carbocycles. The van der Waals surface area contributed by atoms with E-state index < -0.39 is 0 Å². The minimum atomic E-state index is -0.329. The molecule has 1 aliphatic rings. The van der Waals surface area contributed by atoms with Crippen molar-refractivity contribution < 1.29 is 4.74 Å². The molecule has 2 rings (SSSR count). The molecule has 0 saturated carbocycles. The van der Waals surface area contributed by atoms with Gasteiger partial charge >= 0.3 is 5.69 Å². The zero-order valence-corrected chi connectivity index (χ0v) is 10.5. The van der Waals surface area contributed by atoms with Crippen molar-refractivity contribution in [1.82, 2.24) is 9.13 Å². The molecule has 0 bridgehead atoms. The number of unbranched alkanes of at least 4 members (excludes halogenated alkanes) is 1. The number of ether oxygens (including phenoxy) is 1. The van der Waals surface area contributed by atoms with Crippen LogP contribution in [0.5, 0.6) is 5.88 Å². The van der Waals surface area contributed by atoms with Gasteiger partial charge in [0.25, 0.3) is 5.56 Å². The minimum absolute atomic E-state index is 0.0469. The third kappa shape index (κ3) is 1.90. The lowest BCUT2D eigenvalue weighted by atomic mass is 10.1. The standard InChI is InChI=1S/C12H18N2O3/c1-4-5-6-8-7-9-10(15)13(2)12(16)14(3)11(9)17-8/h8H,4-7H2,1-3H3. The average molecular weight is 238 g/mol. The second-order valence-corrected chi connectivity index (χ2v) is 4.58. The second kappa shape index (κ2) is 4.39. The van der Waals surface area contributed by atoms with E-state index in [0.29, 0.717) is 17.9 Å². The molecular formula is C12H18N2O3. The van der Waals surface area contributed by atoms with Gasteiger partial charge in [-0.3, -0.25) is 13.9 Å². The van der Waals surface area contributed by atoms with E-state index in [0.717, 1.165) is 23.8 Å². The van der Waals surface area contributed by atoms with E-state index in [1.807, 2.05) is 0 Å². The van der Waals surface area contributed by atoms with E-state index in [2.05, 4.69) is 6.92 Å². The van der Waals surface area contributed by atoms with Crippen LogP contribution in [0.1, 0.15) is 31.7 Å². The van der Waals surface area contributed by atoms with Crippen molar-refractivity contribution in [2.75, 3.05) is 0 Å². The van der Waals surface area contributed by atoms with Gasteiger partial charge in [0.15, 0.2) is 0 Å². The van der Waals surface area contributed by atoms with Crippen LogP contribution < -0.4 is 16.0 Å². The normalized spacial score (nSPS) is 17.9. The Morgan fingerprint density at radius 3 is 2.65 bits per heavy atom. The number of aromatic nitrogens is 2. The highest BCUT2D eigenvalue weighted by molar-refractivity contribution is 5.29.